The van der Waals surface area contributed by atoms with Crippen LogP contribution in [0, 0.1) is 18.3 Å². The number of halogens is 3. The van der Waals surface area contributed by atoms with Gasteiger partial charge in [-0.25, -0.2) is 14.0 Å². The number of hydrogen-bond donors (Lipinski definition) is 0. The Bertz CT molecular complexity index is 1930. The van der Waals surface area contributed by atoms with Crippen molar-refractivity contribution >= 4 is 19.9 Å². The summed E-state index contributed by atoms with van der Waals surface area (Å²) in [6.07, 6.45) is 0.557. The molecule has 16 heteroatoms. The highest BCUT2D eigenvalue weighted by Crippen LogP contribution is 2.40. The molecular weight excluding hydrogens is 682 g/mol. The van der Waals surface area contributed by atoms with Gasteiger partial charge in [0, 0.05) is 42.8 Å². The van der Waals surface area contributed by atoms with E-state index in [4.69, 9.17) is 13.9 Å². The molecular formula is C35H45F3N8O4Si. The molecule has 1 atom stereocenters. The first kappa shape index (κ1) is 37.8. The Morgan fingerprint density at radius 2 is 1.76 bits per heavy atom. The van der Waals surface area contributed by atoms with Crippen molar-refractivity contribution in [1.29, 1.82) is 5.26 Å². The number of alkyl halides is 3. The van der Waals surface area contributed by atoms with Crippen LogP contribution >= 0.6 is 0 Å². The van der Waals surface area contributed by atoms with Gasteiger partial charge < -0.3 is 18.8 Å². The monoisotopic (exact) mass is 726 g/mol. The highest BCUT2D eigenvalue weighted by molar-refractivity contribution is 6.74. The molecule has 4 aromatic rings. The largest absolute Gasteiger partial charge is 0.481 e. The normalized spacial score (nSPS) is 15.5. The number of ether oxygens (including phenoxy) is 2. The molecule has 1 aliphatic rings. The Morgan fingerprint density at radius 3 is 2.37 bits per heavy atom. The zero-order valence-electron chi connectivity index (χ0n) is 30.5. The zero-order chi connectivity index (χ0) is 37.5. The number of fused-ring (bicyclic) bond motifs is 1. The Kier molecular flexibility index (Phi) is 10.3. The minimum absolute atomic E-state index is 0.00967. The molecule has 0 radical (unpaired) electrons. The number of pyridine rings is 2. The summed E-state index contributed by atoms with van der Waals surface area (Å²) in [4.78, 5) is 18.2. The predicted molar refractivity (Wildman–Crippen MR) is 185 cm³/mol. The molecule has 1 saturated heterocycles. The molecule has 274 valence electrons. The third-order valence-electron chi connectivity index (χ3n) is 9.49. The average molecular weight is 727 g/mol. The van der Waals surface area contributed by atoms with Gasteiger partial charge in [0.2, 0.25) is 0 Å². The van der Waals surface area contributed by atoms with Crippen molar-refractivity contribution < 1.29 is 31.9 Å². The Labute approximate surface area is 296 Å². The summed E-state index contributed by atoms with van der Waals surface area (Å²) in [5.74, 6) is 0.211. The third kappa shape index (κ3) is 8.36. The topological polar surface area (TPSA) is 133 Å². The van der Waals surface area contributed by atoms with E-state index < -0.39 is 31.8 Å². The number of piperidine rings is 1. The Morgan fingerprint density at radius 1 is 1.08 bits per heavy atom. The maximum Gasteiger partial charge on any atom is 0.417 e. The second-order valence-corrected chi connectivity index (χ2v) is 20.2. The van der Waals surface area contributed by atoms with E-state index in [1.807, 2.05) is 45.5 Å². The van der Waals surface area contributed by atoms with E-state index in [0.29, 0.717) is 42.7 Å². The van der Waals surface area contributed by atoms with Crippen LogP contribution in [0.2, 0.25) is 18.1 Å². The molecule has 0 bridgehead atoms. The van der Waals surface area contributed by atoms with E-state index >= 15 is 0 Å². The molecule has 51 heavy (non-hydrogen) atoms. The van der Waals surface area contributed by atoms with E-state index in [-0.39, 0.29) is 40.7 Å². The van der Waals surface area contributed by atoms with Gasteiger partial charge in [-0.3, -0.25) is 4.98 Å². The van der Waals surface area contributed by atoms with Crippen LogP contribution in [0.15, 0.2) is 36.9 Å². The third-order valence-corrected chi connectivity index (χ3v) is 14.0. The van der Waals surface area contributed by atoms with Gasteiger partial charge in [-0.15, -0.1) is 5.10 Å². The van der Waals surface area contributed by atoms with Crippen molar-refractivity contribution in [2.45, 2.75) is 103 Å². The van der Waals surface area contributed by atoms with Crippen molar-refractivity contribution in [3.63, 3.8) is 0 Å². The molecule has 0 saturated carbocycles. The SMILES string of the molecule is Cc1c(-c2cc(OC(CO[Si](C)(C)C(C)(C)C)c3cncc(C(F)(F)F)c3)c3c(C#N)cnn3c2)nnn1C1CCN(C(=O)OC(C)(C)C)CC1. The lowest BCUT2D eigenvalue weighted by molar-refractivity contribution is -0.138. The van der Waals surface area contributed by atoms with Crippen LogP contribution in [0.25, 0.3) is 16.8 Å². The molecule has 1 unspecified atom stereocenters. The number of amides is 1. The molecule has 0 aromatic carbocycles. The molecule has 0 N–H and O–H groups in total. The van der Waals surface area contributed by atoms with Gasteiger partial charge >= 0.3 is 12.3 Å². The van der Waals surface area contributed by atoms with E-state index in [1.165, 1.54) is 16.9 Å². The highest BCUT2D eigenvalue weighted by atomic mass is 28.4. The number of carbonyl (C=O) groups is 1. The fourth-order valence-corrected chi connectivity index (χ4v) is 6.60. The van der Waals surface area contributed by atoms with Gasteiger partial charge in [-0.2, -0.15) is 23.5 Å². The fourth-order valence-electron chi connectivity index (χ4n) is 5.60. The molecule has 5 rings (SSSR count). The van der Waals surface area contributed by atoms with Crippen LogP contribution < -0.4 is 4.74 Å². The minimum Gasteiger partial charge on any atom is -0.481 e. The summed E-state index contributed by atoms with van der Waals surface area (Å²) in [5, 5.41) is 23.1. The first-order valence-electron chi connectivity index (χ1n) is 16.8. The summed E-state index contributed by atoms with van der Waals surface area (Å²) < 4.78 is 63.3. The summed E-state index contributed by atoms with van der Waals surface area (Å²) in [6.45, 7) is 18.7. The molecule has 1 amide bonds. The Balaban J connectivity index is 1.50. The fraction of sp³-hybridized carbons (Fsp3) is 0.543. The molecule has 0 aliphatic carbocycles. The number of aromatic nitrogens is 6. The van der Waals surface area contributed by atoms with Crippen LogP contribution in [0.3, 0.4) is 0 Å². The van der Waals surface area contributed by atoms with Crippen molar-refractivity contribution in [2.75, 3.05) is 19.7 Å². The second kappa shape index (κ2) is 13.9. The van der Waals surface area contributed by atoms with E-state index in [9.17, 15) is 23.2 Å². The van der Waals surface area contributed by atoms with Crippen LogP contribution in [0.5, 0.6) is 5.75 Å². The molecule has 4 aromatic heterocycles. The van der Waals surface area contributed by atoms with Crippen LogP contribution in [-0.4, -0.2) is 74.2 Å². The first-order valence-corrected chi connectivity index (χ1v) is 19.7. The van der Waals surface area contributed by atoms with E-state index in [2.05, 4.69) is 47.2 Å². The average Bonchev–Trinajstić information content (AvgIpc) is 3.64. The lowest BCUT2D eigenvalue weighted by Crippen LogP contribution is -2.42. The van der Waals surface area contributed by atoms with Gasteiger partial charge in [0.15, 0.2) is 8.32 Å². The standard InChI is InChI=1S/C35H45F3N8O4Si/c1-22-30(42-43-46(22)27-10-12-44(13-11-27)32(47)50-33(2,3)4)24-15-28(31-25(16-39)18-41-45(31)20-24)49-29(21-48-51(8,9)34(5,6)7)23-14-26(19-40-17-23)35(36,37)38/h14-15,17-20,27,29H,10-13,21H2,1-9H3. The summed E-state index contributed by atoms with van der Waals surface area (Å²) >= 11 is 0. The number of hydrogen-bond acceptors (Lipinski definition) is 9. The smallest absolute Gasteiger partial charge is 0.417 e. The van der Waals surface area contributed by atoms with Gasteiger partial charge in [0.25, 0.3) is 0 Å². The second-order valence-electron chi connectivity index (χ2n) is 15.4. The van der Waals surface area contributed by atoms with Gasteiger partial charge in [0.1, 0.15) is 40.3 Å². The zero-order valence-corrected chi connectivity index (χ0v) is 31.5. The molecule has 5 heterocycles. The molecule has 1 aliphatic heterocycles. The highest BCUT2D eigenvalue weighted by Gasteiger charge is 2.39. The molecule has 0 spiro atoms. The van der Waals surface area contributed by atoms with E-state index in [0.717, 1.165) is 18.0 Å². The van der Waals surface area contributed by atoms with Crippen molar-refractivity contribution in [2.24, 2.45) is 0 Å². The summed E-state index contributed by atoms with van der Waals surface area (Å²) in [5.41, 5.74) is 1.13. The number of carbonyl (C=O) groups excluding carboxylic acids is 1. The van der Waals surface area contributed by atoms with E-state index in [1.54, 1.807) is 17.2 Å². The van der Waals surface area contributed by atoms with Crippen molar-refractivity contribution in [1.82, 2.24) is 34.5 Å². The number of nitriles is 1. The summed E-state index contributed by atoms with van der Waals surface area (Å²) in [6, 6.07) is 4.83. The lowest BCUT2D eigenvalue weighted by atomic mass is 10.0. The maximum atomic E-state index is 13.8. The van der Waals surface area contributed by atoms with Crippen molar-refractivity contribution in [3.05, 3.63) is 59.3 Å². The first-order chi connectivity index (χ1) is 23.7. The minimum atomic E-state index is -4.61. The van der Waals surface area contributed by atoms with Gasteiger partial charge in [0.05, 0.1) is 30.1 Å². The van der Waals surface area contributed by atoms with Crippen LogP contribution in [0.4, 0.5) is 18.0 Å². The van der Waals surface area contributed by atoms with Crippen molar-refractivity contribution in [3.8, 4) is 23.1 Å². The molecule has 1 fully saturated rings. The number of nitrogens with zero attached hydrogens (tertiary/aromatic N) is 8. The Hall–Kier alpha value is -4.49. The number of likely N-dealkylation sites (tertiary alicyclic amines) is 1. The van der Waals surface area contributed by atoms with Gasteiger partial charge in [-0.05, 0) is 70.8 Å². The summed E-state index contributed by atoms with van der Waals surface area (Å²) in [7, 11) is -2.38. The lowest BCUT2D eigenvalue weighted by Gasteiger charge is -2.37. The van der Waals surface area contributed by atoms with Crippen LogP contribution in [-0.2, 0) is 15.3 Å². The predicted octanol–water partition coefficient (Wildman–Crippen LogP) is 7.90. The van der Waals surface area contributed by atoms with Gasteiger partial charge in [-0.1, -0.05) is 26.0 Å². The van der Waals surface area contributed by atoms with Crippen LogP contribution in [0.1, 0.15) is 88.9 Å². The quantitative estimate of drug-likeness (QED) is 0.166. The maximum absolute atomic E-state index is 13.8. The molecule has 12 nitrogen and oxygen atoms in total. The number of rotatable bonds is 8.